The quantitative estimate of drug-likeness (QED) is 0.283. The van der Waals surface area contributed by atoms with E-state index in [0.29, 0.717) is 17.2 Å². The average Bonchev–Trinajstić information content (AvgIpc) is 3.65. The van der Waals surface area contributed by atoms with Gasteiger partial charge in [-0.15, -0.1) is 22.7 Å². The molecule has 1 N–H and O–H groups in total. The molecule has 1 unspecified atom stereocenters. The number of nitrogens with zero attached hydrogens (tertiary/aromatic N) is 2. The number of esters is 1. The number of anilines is 1. The molecular weight excluding hydrogens is 559 g/mol. The Bertz CT molecular complexity index is 1570. The molecule has 0 spiro atoms. The van der Waals surface area contributed by atoms with Crippen molar-refractivity contribution in [3.63, 3.8) is 0 Å². The van der Waals surface area contributed by atoms with Gasteiger partial charge in [-0.05, 0) is 53.3 Å². The van der Waals surface area contributed by atoms with Crippen LogP contribution in [0.25, 0.3) is 11.3 Å². The molecule has 5 rings (SSSR count). The lowest BCUT2D eigenvalue weighted by molar-refractivity contribution is -0.148. The number of ether oxygens (including phenoxy) is 2. The molecule has 1 atom stereocenters. The van der Waals surface area contributed by atoms with Gasteiger partial charge in [-0.1, -0.05) is 30.3 Å². The van der Waals surface area contributed by atoms with Crippen LogP contribution < -0.4 is 10.1 Å². The van der Waals surface area contributed by atoms with Crippen molar-refractivity contribution in [2.24, 2.45) is 0 Å². The summed E-state index contributed by atoms with van der Waals surface area (Å²) >= 11 is 2.39. The van der Waals surface area contributed by atoms with Crippen molar-refractivity contribution in [3.05, 3.63) is 82.6 Å². The molecule has 2 aromatic carbocycles. The van der Waals surface area contributed by atoms with Crippen LogP contribution in [0.1, 0.15) is 23.6 Å². The van der Waals surface area contributed by atoms with Crippen molar-refractivity contribution in [2.75, 3.05) is 25.6 Å². The van der Waals surface area contributed by atoms with Crippen molar-refractivity contribution < 1.29 is 27.5 Å². The molecule has 1 amide bonds. The minimum absolute atomic E-state index is 0.215. The average molecular weight is 584 g/mol. The molecule has 0 fully saturated rings. The maximum atomic E-state index is 13.4. The molecule has 0 aliphatic carbocycles. The zero-order valence-corrected chi connectivity index (χ0v) is 23.4. The largest absolute Gasteiger partial charge is 0.497 e. The number of aromatic nitrogens is 1. The van der Waals surface area contributed by atoms with E-state index in [9.17, 15) is 18.0 Å². The van der Waals surface area contributed by atoms with Gasteiger partial charge in [-0.3, -0.25) is 14.9 Å². The molecule has 0 saturated carbocycles. The van der Waals surface area contributed by atoms with Crippen LogP contribution in [0.4, 0.5) is 5.13 Å². The van der Waals surface area contributed by atoms with Gasteiger partial charge in [0.25, 0.3) is 15.9 Å². The van der Waals surface area contributed by atoms with Gasteiger partial charge in [0.05, 0.1) is 25.3 Å². The second kappa shape index (κ2) is 11.7. The number of carbonyl (C=O) groups excluding carboxylic acids is 2. The first-order valence-corrected chi connectivity index (χ1v) is 15.2. The summed E-state index contributed by atoms with van der Waals surface area (Å²) in [5.41, 5.74) is 3.31. The van der Waals surface area contributed by atoms with Gasteiger partial charge in [0.15, 0.2) is 11.7 Å². The Morgan fingerprint density at radius 1 is 1.08 bits per heavy atom. The first-order valence-electron chi connectivity index (χ1n) is 12.0. The van der Waals surface area contributed by atoms with Crippen LogP contribution in [0.5, 0.6) is 5.75 Å². The van der Waals surface area contributed by atoms with Crippen molar-refractivity contribution >= 4 is 49.7 Å². The highest BCUT2D eigenvalue weighted by atomic mass is 32.2. The molecule has 9 nitrogen and oxygen atoms in total. The minimum Gasteiger partial charge on any atom is -0.497 e. The van der Waals surface area contributed by atoms with Crippen LogP contribution in [0.2, 0.25) is 0 Å². The van der Waals surface area contributed by atoms with E-state index in [-0.39, 0.29) is 17.2 Å². The summed E-state index contributed by atoms with van der Waals surface area (Å²) in [5.74, 6) is -0.476. The number of carbonyl (C=O) groups is 2. The molecule has 12 heteroatoms. The fourth-order valence-corrected chi connectivity index (χ4v) is 7.86. The smallest absolute Gasteiger partial charge is 0.308 e. The molecule has 1 aliphatic heterocycles. The Labute approximate surface area is 234 Å². The van der Waals surface area contributed by atoms with Gasteiger partial charge in [-0.2, -0.15) is 4.31 Å². The summed E-state index contributed by atoms with van der Waals surface area (Å²) in [6.07, 6.45) is 0.328. The number of thiazole rings is 1. The van der Waals surface area contributed by atoms with Gasteiger partial charge < -0.3 is 9.47 Å². The van der Waals surface area contributed by atoms with Gasteiger partial charge in [0.1, 0.15) is 9.96 Å². The van der Waals surface area contributed by atoms with Crippen molar-refractivity contribution in [1.29, 1.82) is 0 Å². The molecular formula is C27H25N3O6S3. The molecule has 1 aliphatic rings. The van der Waals surface area contributed by atoms with Crippen molar-refractivity contribution in [3.8, 4) is 17.0 Å². The number of thiophene rings is 1. The van der Waals surface area contributed by atoms with Crippen LogP contribution in [0, 0.1) is 0 Å². The third-order valence-electron chi connectivity index (χ3n) is 6.28. The van der Waals surface area contributed by atoms with E-state index < -0.39 is 34.5 Å². The van der Waals surface area contributed by atoms with Crippen LogP contribution in [-0.4, -0.2) is 49.8 Å². The topological polar surface area (TPSA) is 115 Å². The fourth-order valence-electron chi connectivity index (χ4n) is 4.40. The molecule has 0 radical (unpaired) electrons. The monoisotopic (exact) mass is 583 g/mol. The third kappa shape index (κ3) is 6.04. The van der Waals surface area contributed by atoms with Crippen LogP contribution in [-0.2, 0) is 30.8 Å². The second-order valence-corrected chi connectivity index (χ2v) is 12.6. The summed E-state index contributed by atoms with van der Waals surface area (Å²) in [6, 6.07) is 17.4. The van der Waals surface area contributed by atoms with Crippen molar-refractivity contribution in [2.45, 2.75) is 23.1 Å². The maximum absolute atomic E-state index is 13.4. The minimum atomic E-state index is -3.80. The first-order chi connectivity index (χ1) is 18.8. The Balaban J connectivity index is 1.22. The highest BCUT2D eigenvalue weighted by Gasteiger charge is 2.38. The Hall–Kier alpha value is -3.58. The maximum Gasteiger partial charge on any atom is 0.308 e. The Kier molecular flexibility index (Phi) is 8.07. The molecule has 0 saturated heterocycles. The SMILES string of the molecule is COc1ccc(-c2csc(NC(=O)COC(=O)CC3c4ccccc4CCN3S(=O)(=O)c3cccs3)n2)cc1. The summed E-state index contributed by atoms with van der Waals surface area (Å²) in [4.78, 5) is 29.7. The number of amides is 1. The zero-order chi connectivity index (χ0) is 27.4. The van der Waals surface area contributed by atoms with E-state index in [0.717, 1.165) is 33.8 Å². The standard InChI is InChI=1S/C27H25N3O6S3/c1-35-20-10-8-19(9-11-20)22-17-38-27(28-22)29-24(31)16-36-25(32)15-23-21-6-3-2-5-18(21)12-13-30(23)39(33,34)26-7-4-14-37-26/h2-11,14,17,23H,12-13,15-16H2,1H3,(H,28,29,31). The number of nitrogens with one attached hydrogen (secondary N) is 1. The molecule has 202 valence electrons. The molecule has 39 heavy (non-hydrogen) atoms. The Morgan fingerprint density at radius 2 is 1.87 bits per heavy atom. The third-order valence-corrected chi connectivity index (χ3v) is 10.3. The predicted octanol–water partition coefficient (Wildman–Crippen LogP) is 4.74. The summed E-state index contributed by atoms with van der Waals surface area (Å²) in [5, 5.41) is 6.53. The number of fused-ring (bicyclic) bond motifs is 1. The lowest BCUT2D eigenvalue weighted by Crippen LogP contribution is -2.41. The van der Waals surface area contributed by atoms with Crippen LogP contribution >= 0.6 is 22.7 Å². The number of rotatable bonds is 9. The highest BCUT2D eigenvalue weighted by Crippen LogP contribution is 2.37. The van der Waals surface area contributed by atoms with E-state index in [1.807, 2.05) is 53.9 Å². The fraction of sp³-hybridized carbons (Fsp3) is 0.222. The van der Waals surface area contributed by atoms with E-state index in [2.05, 4.69) is 10.3 Å². The summed E-state index contributed by atoms with van der Waals surface area (Å²) in [6.45, 7) is -0.265. The highest BCUT2D eigenvalue weighted by molar-refractivity contribution is 7.91. The number of sulfonamides is 1. The number of benzene rings is 2. The van der Waals surface area contributed by atoms with Crippen LogP contribution in [0.15, 0.2) is 75.6 Å². The predicted molar refractivity (Wildman–Crippen MR) is 149 cm³/mol. The lowest BCUT2D eigenvalue weighted by atomic mass is 9.92. The molecule has 3 heterocycles. The normalized spacial score (nSPS) is 15.4. The van der Waals surface area contributed by atoms with E-state index in [4.69, 9.17) is 9.47 Å². The van der Waals surface area contributed by atoms with Gasteiger partial charge in [0, 0.05) is 17.5 Å². The van der Waals surface area contributed by atoms with Gasteiger partial charge in [-0.25, -0.2) is 13.4 Å². The number of hydrogen-bond acceptors (Lipinski definition) is 9. The van der Waals surface area contributed by atoms with E-state index >= 15 is 0 Å². The second-order valence-electron chi connectivity index (χ2n) is 8.69. The van der Waals surface area contributed by atoms with Crippen molar-refractivity contribution in [1.82, 2.24) is 9.29 Å². The molecule has 4 aromatic rings. The zero-order valence-electron chi connectivity index (χ0n) is 20.9. The van der Waals surface area contributed by atoms with Crippen LogP contribution in [0.3, 0.4) is 0 Å². The van der Waals surface area contributed by atoms with Gasteiger partial charge in [0.2, 0.25) is 0 Å². The lowest BCUT2D eigenvalue weighted by Gasteiger charge is -2.35. The number of methoxy groups -OCH3 is 1. The summed E-state index contributed by atoms with van der Waals surface area (Å²) < 4.78 is 38.7. The van der Waals surface area contributed by atoms with E-state index in [1.54, 1.807) is 24.6 Å². The first kappa shape index (κ1) is 27.0. The number of hydrogen-bond donors (Lipinski definition) is 1. The molecule has 2 aromatic heterocycles. The molecule has 0 bridgehead atoms. The van der Waals surface area contributed by atoms with Gasteiger partial charge >= 0.3 is 5.97 Å². The Morgan fingerprint density at radius 3 is 2.62 bits per heavy atom. The van der Waals surface area contributed by atoms with E-state index in [1.165, 1.54) is 15.6 Å². The summed E-state index contributed by atoms with van der Waals surface area (Å²) in [7, 11) is -2.21.